The Morgan fingerprint density at radius 2 is 2.14 bits per heavy atom. The second kappa shape index (κ2) is 8.10. The predicted molar refractivity (Wildman–Crippen MR) is 107 cm³/mol. The summed E-state index contributed by atoms with van der Waals surface area (Å²) in [6.45, 7) is 2.26. The van der Waals surface area contributed by atoms with E-state index in [-0.39, 0.29) is 12.3 Å². The van der Waals surface area contributed by atoms with Gasteiger partial charge in [-0.25, -0.2) is 4.98 Å². The van der Waals surface area contributed by atoms with E-state index in [0.29, 0.717) is 29.2 Å². The van der Waals surface area contributed by atoms with Gasteiger partial charge in [-0.1, -0.05) is 12.1 Å². The molecule has 1 amide bonds. The first-order valence-corrected chi connectivity index (χ1v) is 10.2. The highest BCUT2D eigenvalue weighted by molar-refractivity contribution is 7.15. The van der Waals surface area contributed by atoms with Gasteiger partial charge < -0.3 is 14.6 Å². The maximum Gasteiger partial charge on any atom is 0.227 e. The van der Waals surface area contributed by atoms with Crippen molar-refractivity contribution in [2.45, 2.75) is 39.0 Å². The fourth-order valence-corrected chi connectivity index (χ4v) is 4.40. The highest BCUT2D eigenvalue weighted by Crippen LogP contribution is 2.32. The molecule has 1 atom stereocenters. The normalized spacial score (nSPS) is 15.9. The lowest BCUT2D eigenvalue weighted by molar-refractivity contribution is -0.116. The Hall–Kier alpha value is -2.74. The van der Waals surface area contributed by atoms with Gasteiger partial charge in [0.15, 0.2) is 5.13 Å². The molecule has 2 heterocycles. The number of ether oxygens (including phenoxy) is 1. The molecule has 0 spiro atoms. The lowest BCUT2D eigenvalue weighted by Gasteiger charge is -2.15. The van der Waals surface area contributed by atoms with E-state index in [2.05, 4.69) is 27.4 Å². The number of fused-ring (bicyclic) bond motifs is 1. The number of amides is 1. The number of aromatic nitrogens is 3. The molecule has 0 saturated carbocycles. The molecule has 0 bridgehead atoms. The van der Waals surface area contributed by atoms with Crippen LogP contribution in [0.2, 0.25) is 0 Å². The van der Waals surface area contributed by atoms with E-state index >= 15 is 0 Å². The van der Waals surface area contributed by atoms with Crippen LogP contribution in [0.25, 0.3) is 11.4 Å². The third-order valence-electron chi connectivity index (χ3n) is 4.81. The molecule has 8 heteroatoms. The molecular weight excluding hydrogens is 376 g/mol. The van der Waals surface area contributed by atoms with Crippen LogP contribution in [0.5, 0.6) is 5.75 Å². The molecule has 1 aromatic carbocycles. The van der Waals surface area contributed by atoms with Gasteiger partial charge in [0.25, 0.3) is 0 Å². The molecule has 1 unspecified atom stereocenters. The van der Waals surface area contributed by atoms with Crippen LogP contribution in [-0.4, -0.2) is 28.1 Å². The maximum atomic E-state index is 12.3. The van der Waals surface area contributed by atoms with Crippen LogP contribution in [0.3, 0.4) is 0 Å². The summed E-state index contributed by atoms with van der Waals surface area (Å²) in [4.78, 5) is 22.5. The first kappa shape index (κ1) is 18.6. The number of hydrogen-bond donors (Lipinski definition) is 1. The van der Waals surface area contributed by atoms with Gasteiger partial charge in [0.2, 0.25) is 17.6 Å². The van der Waals surface area contributed by atoms with E-state index in [0.717, 1.165) is 36.3 Å². The summed E-state index contributed by atoms with van der Waals surface area (Å²) in [7, 11) is 1.62. The second-order valence-corrected chi connectivity index (χ2v) is 8.11. The van der Waals surface area contributed by atoms with Crippen molar-refractivity contribution in [3.8, 4) is 17.1 Å². The monoisotopic (exact) mass is 398 g/mol. The number of nitrogens with one attached hydrogen (secondary N) is 1. The van der Waals surface area contributed by atoms with Gasteiger partial charge in [0.05, 0.1) is 12.8 Å². The van der Waals surface area contributed by atoms with Gasteiger partial charge in [-0.05, 0) is 49.4 Å². The molecule has 1 aliphatic rings. The fourth-order valence-electron chi connectivity index (χ4n) is 3.21. The zero-order valence-corrected chi connectivity index (χ0v) is 16.7. The van der Waals surface area contributed by atoms with Crippen LogP contribution in [0.1, 0.15) is 36.2 Å². The summed E-state index contributed by atoms with van der Waals surface area (Å²) in [6.07, 6.45) is 3.87. The number of methoxy groups -OCH3 is 1. The molecule has 0 radical (unpaired) electrons. The standard InChI is InChI=1S/C20H22N4O3S/c1-12-3-8-15-16(11-12)28-20(21-15)22-17(25)9-10-18-23-19(24-27-18)13-4-6-14(26-2)7-5-13/h4-7,12H,3,8-11H2,1-2H3,(H,21,22,25). The van der Waals surface area contributed by atoms with Crippen molar-refractivity contribution in [1.82, 2.24) is 15.1 Å². The van der Waals surface area contributed by atoms with Crippen LogP contribution in [-0.2, 0) is 24.1 Å². The van der Waals surface area contributed by atoms with Crippen molar-refractivity contribution < 1.29 is 14.1 Å². The summed E-state index contributed by atoms with van der Waals surface area (Å²) in [5.74, 6) is 2.30. The molecule has 0 fully saturated rings. The first-order valence-electron chi connectivity index (χ1n) is 9.36. The Morgan fingerprint density at radius 1 is 1.32 bits per heavy atom. The largest absolute Gasteiger partial charge is 0.497 e. The predicted octanol–water partition coefficient (Wildman–Crippen LogP) is 3.90. The average Bonchev–Trinajstić information content (AvgIpc) is 3.32. The number of aryl methyl sites for hydroxylation is 2. The second-order valence-electron chi connectivity index (χ2n) is 7.03. The van der Waals surface area contributed by atoms with E-state index in [9.17, 15) is 4.79 Å². The van der Waals surface area contributed by atoms with Crippen molar-refractivity contribution in [2.24, 2.45) is 5.92 Å². The minimum absolute atomic E-state index is 0.0941. The van der Waals surface area contributed by atoms with Crippen LogP contribution in [0.4, 0.5) is 5.13 Å². The number of nitrogens with zero attached hydrogens (tertiary/aromatic N) is 3. The number of rotatable bonds is 6. The zero-order valence-electron chi connectivity index (χ0n) is 15.9. The van der Waals surface area contributed by atoms with E-state index < -0.39 is 0 Å². The highest BCUT2D eigenvalue weighted by atomic mass is 32.1. The quantitative estimate of drug-likeness (QED) is 0.677. The minimum atomic E-state index is -0.0941. The zero-order chi connectivity index (χ0) is 19.5. The molecule has 28 heavy (non-hydrogen) atoms. The van der Waals surface area contributed by atoms with E-state index in [1.807, 2.05) is 24.3 Å². The smallest absolute Gasteiger partial charge is 0.227 e. The number of carbonyl (C=O) groups is 1. The minimum Gasteiger partial charge on any atom is -0.497 e. The fraction of sp³-hybridized carbons (Fsp3) is 0.400. The number of hydrogen-bond acceptors (Lipinski definition) is 7. The first-order chi connectivity index (χ1) is 13.6. The van der Waals surface area contributed by atoms with Gasteiger partial charge >= 0.3 is 0 Å². The molecule has 1 N–H and O–H groups in total. The molecule has 7 nitrogen and oxygen atoms in total. The highest BCUT2D eigenvalue weighted by Gasteiger charge is 2.20. The summed E-state index contributed by atoms with van der Waals surface area (Å²) in [5, 5.41) is 7.57. The van der Waals surface area contributed by atoms with E-state index in [4.69, 9.17) is 9.26 Å². The van der Waals surface area contributed by atoms with Gasteiger partial charge in [0.1, 0.15) is 5.75 Å². The third-order valence-corrected chi connectivity index (χ3v) is 5.85. The number of benzene rings is 1. The summed E-state index contributed by atoms with van der Waals surface area (Å²) in [6, 6.07) is 7.41. The number of thiazole rings is 1. The Bertz CT molecular complexity index is 964. The van der Waals surface area contributed by atoms with Crippen molar-refractivity contribution >= 4 is 22.4 Å². The lowest BCUT2D eigenvalue weighted by atomic mass is 9.93. The van der Waals surface area contributed by atoms with Gasteiger partial charge in [-0.15, -0.1) is 11.3 Å². The molecule has 3 aromatic rings. The van der Waals surface area contributed by atoms with Gasteiger partial charge in [-0.2, -0.15) is 4.98 Å². The van der Waals surface area contributed by atoms with E-state index in [1.54, 1.807) is 18.4 Å². The Morgan fingerprint density at radius 3 is 2.93 bits per heavy atom. The maximum absolute atomic E-state index is 12.3. The van der Waals surface area contributed by atoms with Crippen molar-refractivity contribution in [1.29, 1.82) is 0 Å². The lowest BCUT2D eigenvalue weighted by Crippen LogP contribution is -2.12. The van der Waals surface area contributed by atoms with Crippen molar-refractivity contribution in [2.75, 3.05) is 12.4 Å². The Labute approximate surface area is 167 Å². The average molecular weight is 398 g/mol. The van der Waals surface area contributed by atoms with Crippen LogP contribution < -0.4 is 10.1 Å². The number of carbonyl (C=O) groups excluding carboxylic acids is 1. The summed E-state index contributed by atoms with van der Waals surface area (Å²) >= 11 is 1.59. The molecular formula is C20H22N4O3S. The van der Waals surface area contributed by atoms with Crippen LogP contribution >= 0.6 is 11.3 Å². The van der Waals surface area contributed by atoms with Gasteiger partial charge in [-0.3, -0.25) is 4.79 Å². The summed E-state index contributed by atoms with van der Waals surface area (Å²) in [5.41, 5.74) is 1.97. The Kier molecular flexibility index (Phi) is 5.38. The SMILES string of the molecule is COc1ccc(-c2noc(CCC(=O)Nc3nc4c(s3)CC(C)CC4)n2)cc1. The molecule has 146 valence electrons. The molecule has 4 rings (SSSR count). The van der Waals surface area contributed by atoms with E-state index in [1.165, 1.54) is 4.88 Å². The third kappa shape index (κ3) is 4.22. The van der Waals surface area contributed by atoms with Crippen LogP contribution in [0.15, 0.2) is 28.8 Å². The van der Waals surface area contributed by atoms with Crippen molar-refractivity contribution in [3.63, 3.8) is 0 Å². The molecule has 1 aliphatic carbocycles. The van der Waals surface area contributed by atoms with Crippen molar-refractivity contribution in [3.05, 3.63) is 40.7 Å². The van der Waals surface area contributed by atoms with Gasteiger partial charge in [0, 0.05) is 23.3 Å². The molecule has 0 aliphatic heterocycles. The molecule has 0 saturated heterocycles. The number of anilines is 1. The topological polar surface area (TPSA) is 90.1 Å². The summed E-state index contributed by atoms with van der Waals surface area (Å²) < 4.78 is 10.4. The molecule has 2 aromatic heterocycles. The van der Waals surface area contributed by atoms with Crippen LogP contribution in [0, 0.1) is 5.92 Å². The Balaban J connectivity index is 1.32.